The van der Waals surface area contributed by atoms with Gasteiger partial charge < -0.3 is 14.7 Å². The summed E-state index contributed by atoms with van der Waals surface area (Å²) in [5.74, 6) is 1.21. The van der Waals surface area contributed by atoms with Crippen molar-refractivity contribution in [3.8, 4) is 0 Å². The first-order valence-electron chi connectivity index (χ1n) is 7.22. The maximum absolute atomic E-state index is 12.4. The number of nitrogens with zero attached hydrogens (tertiary/aromatic N) is 2. The molecule has 1 aliphatic heterocycles. The Bertz CT molecular complexity index is 524. The van der Waals surface area contributed by atoms with Crippen LogP contribution in [0.2, 0.25) is 0 Å². The fraction of sp³-hybridized carbons (Fsp3) is 0.643. The zero-order valence-electron chi connectivity index (χ0n) is 12.8. The summed E-state index contributed by atoms with van der Waals surface area (Å²) >= 11 is 0. The number of hydrogen-bond acceptors (Lipinski definition) is 4. The molecule has 0 radical (unpaired) electrons. The van der Waals surface area contributed by atoms with Crippen molar-refractivity contribution < 1.29 is 14.1 Å². The highest BCUT2D eigenvalue weighted by Gasteiger charge is 2.35. The summed E-state index contributed by atoms with van der Waals surface area (Å²) in [6.45, 7) is 8.75. The Kier molecular flexibility index (Phi) is 4.50. The van der Waals surface area contributed by atoms with E-state index in [1.165, 1.54) is 0 Å². The summed E-state index contributed by atoms with van der Waals surface area (Å²) < 4.78 is 5.15. The van der Waals surface area contributed by atoms with Crippen LogP contribution in [0.15, 0.2) is 10.6 Å². The molecular weight excluding hydrogens is 272 g/mol. The summed E-state index contributed by atoms with van der Waals surface area (Å²) in [5, 5.41) is 9.31. The van der Waals surface area contributed by atoms with Gasteiger partial charge in [0, 0.05) is 25.1 Å². The van der Waals surface area contributed by atoms with E-state index in [2.05, 4.69) is 15.8 Å². The molecule has 1 aromatic heterocycles. The molecule has 2 N–H and O–H groups in total. The van der Waals surface area contributed by atoms with Crippen LogP contribution in [0.5, 0.6) is 0 Å². The van der Waals surface area contributed by atoms with E-state index in [4.69, 9.17) is 4.52 Å². The van der Waals surface area contributed by atoms with Gasteiger partial charge in [-0.1, -0.05) is 32.9 Å². The first-order valence-corrected chi connectivity index (χ1v) is 7.22. The maximum atomic E-state index is 12.4. The monoisotopic (exact) mass is 294 g/mol. The number of aromatic nitrogens is 1. The van der Waals surface area contributed by atoms with Crippen LogP contribution in [0.4, 0.5) is 10.6 Å². The van der Waals surface area contributed by atoms with Crippen LogP contribution in [-0.4, -0.2) is 41.1 Å². The van der Waals surface area contributed by atoms with Gasteiger partial charge in [0.1, 0.15) is 11.8 Å². The molecule has 0 aliphatic carbocycles. The lowest BCUT2D eigenvalue weighted by atomic mass is 10.00. The summed E-state index contributed by atoms with van der Waals surface area (Å²) in [6, 6.07) is 0.916. The van der Waals surface area contributed by atoms with E-state index in [9.17, 15) is 9.59 Å². The van der Waals surface area contributed by atoms with Crippen LogP contribution in [0.1, 0.15) is 39.4 Å². The van der Waals surface area contributed by atoms with Crippen molar-refractivity contribution in [2.75, 3.05) is 18.4 Å². The Morgan fingerprint density at radius 1 is 1.48 bits per heavy atom. The van der Waals surface area contributed by atoms with Crippen LogP contribution in [0.3, 0.4) is 0 Å². The standard InChI is InChI=1S/C14H22N4O3/c1-8(2)10-7-11(17-21-10)16-14(20)18-6-5-15-13(19)12(18)9(3)4/h7-9,12H,5-6H2,1-4H3,(H,15,19)(H,16,17,20). The highest BCUT2D eigenvalue weighted by atomic mass is 16.5. The normalized spacial score (nSPS) is 19.0. The molecule has 21 heavy (non-hydrogen) atoms. The third-order valence-electron chi connectivity index (χ3n) is 3.48. The Labute approximate surface area is 124 Å². The molecule has 3 amide bonds. The molecule has 7 heteroatoms. The number of carbonyl (C=O) groups is 2. The molecule has 2 heterocycles. The Balaban J connectivity index is 2.08. The predicted molar refractivity (Wildman–Crippen MR) is 78.0 cm³/mol. The molecular formula is C14H22N4O3. The molecule has 1 saturated heterocycles. The number of urea groups is 1. The molecule has 0 spiro atoms. The van der Waals surface area contributed by atoms with Crippen molar-refractivity contribution in [2.24, 2.45) is 5.92 Å². The number of anilines is 1. The Morgan fingerprint density at radius 2 is 2.19 bits per heavy atom. The summed E-state index contributed by atoms with van der Waals surface area (Å²) in [6.07, 6.45) is 0. The van der Waals surface area contributed by atoms with E-state index in [-0.39, 0.29) is 23.8 Å². The second-order valence-corrected chi connectivity index (χ2v) is 5.87. The molecule has 0 aromatic carbocycles. The average molecular weight is 294 g/mol. The lowest BCUT2D eigenvalue weighted by Crippen LogP contribution is -2.60. The number of nitrogens with one attached hydrogen (secondary N) is 2. The van der Waals surface area contributed by atoms with Gasteiger partial charge in [-0.25, -0.2) is 4.79 Å². The van der Waals surface area contributed by atoms with Gasteiger partial charge in [0.2, 0.25) is 5.91 Å². The van der Waals surface area contributed by atoms with Crippen LogP contribution in [-0.2, 0) is 4.79 Å². The molecule has 7 nitrogen and oxygen atoms in total. The molecule has 1 fully saturated rings. The van der Waals surface area contributed by atoms with Crippen molar-refractivity contribution in [1.82, 2.24) is 15.4 Å². The van der Waals surface area contributed by atoms with E-state index >= 15 is 0 Å². The lowest BCUT2D eigenvalue weighted by Gasteiger charge is -2.36. The smallest absolute Gasteiger partial charge is 0.323 e. The van der Waals surface area contributed by atoms with Crippen molar-refractivity contribution in [1.29, 1.82) is 0 Å². The molecule has 0 saturated carbocycles. The molecule has 1 aliphatic rings. The zero-order valence-corrected chi connectivity index (χ0v) is 12.8. The van der Waals surface area contributed by atoms with Crippen LogP contribution >= 0.6 is 0 Å². The third kappa shape index (κ3) is 3.34. The van der Waals surface area contributed by atoms with Crippen LogP contribution in [0.25, 0.3) is 0 Å². The maximum Gasteiger partial charge on any atom is 0.323 e. The number of rotatable bonds is 3. The van der Waals surface area contributed by atoms with Gasteiger partial charge >= 0.3 is 6.03 Å². The number of piperazine rings is 1. The van der Waals surface area contributed by atoms with Gasteiger partial charge in [-0.05, 0) is 5.92 Å². The SMILES string of the molecule is CC(C)c1cc(NC(=O)N2CCNC(=O)C2C(C)C)no1. The summed E-state index contributed by atoms with van der Waals surface area (Å²) in [4.78, 5) is 25.8. The average Bonchev–Trinajstić information content (AvgIpc) is 2.86. The summed E-state index contributed by atoms with van der Waals surface area (Å²) in [5.41, 5.74) is 0. The van der Waals surface area contributed by atoms with Gasteiger partial charge in [0.25, 0.3) is 0 Å². The molecule has 1 unspecified atom stereocenters. The molecule has 0 bridgehead atoms. The van der Waals surface area contributed by atoms with Crippen molar-refractivity contribution >= 4 is 17.8 Å². The lowest BCUT2D eigenvalue weighted by molar-refractivity contribution is -0.129. The first-order chi connectivity index (χ1) is 9.90. The predicted octanol–water partition coefficient (Wildman–Crippen LogP) is 1.79. The molecule has 1 aromatic rings. The fourth-order valence-corrected chi connectivity index (χ4v) is 2.38. The van der Waals surface area contributed by atoms with Gasteiger partial charge in [-0.15, -0.1) is 0 Å². The molecule has 2 rings (SSSR count). The van der Waals surface area contributed by atoms with E-state index < -0.39 is 6.04 Å². The highest BCUT2D eigenvalue weighted by molar-refractivity contribution is 5.94. The number of carbonyl (C=O) groups excluding carboxylic acids is 2. The second kappa shape index (κ2) is 6.15. The summed E-state index contributed by atoms with van der Waals surface area (Å²) in [7, 11) is 0. The van der Waals surface area contributed by atoms with Crippen LogP contribution < -0.4 is 10.6 Å². The second-order valence-electron chi connectivity index (χ2n) is 5.87. The van der Waals surface area contributed by atoms with Gasteiger partial charge in [0.15, 0.2) is 5.82 Å². The topological polar surface area (TPSA) is 87.5 Å². The fourth-order valence-electron chi connectivity index (χ4n) is 2.38. The van der Waals surface area contributed by atoms with Crippen molar-refractivity contribution in [2.45, 2.75) is 39.7 Å². The molecule has 1 atom stereocenters. The Morgan fingerprint density at radius 3 is 2.76 bits per heavy atom. The third-order valence-corrected chi connectivity index (χ3v) is 3.48. The minimum atomic E-state index is -0.463. The number of amides is 3. The van der Waals surface area contributed by atoms with E-state index in [1.807, 2.05) is 27.7 Å². The first kappa shape index (κ1) is 15.3. The van der Waals surface area contributed by atoms with Gasteiger partial charge in [0.05, 0.1) is 0 Å². The quantitative estimate of drug-likeness (QED) is 0.889. The Hall–Kier alpha value is -2.05. The van der Waals surface area contributed by atoms with Gasteiger partial charge in [-0.3, -0.25) is 10.1 Å². The molecule has 116 valence electrons. The number of hydrogen-bond donors (Lipinski definition) is 2. The van der Waals surface area contributed by atoms with E-state index in [0.717, 1.165) is 0 Å². The minimum Gasteiger partial charge on any atom is -0.359 e. The largest absolute Gasteiger partial charge is 0.359 e. The van der Waals surface area contributed by atoms with Crippen LogP contribution in [0, 0.1) is 5.92 Å². The minimum absolute atomic E-state index is 0.0413. The van der Waals surface area contributed by atoms with Crippen molar-refractivity contribution in [3.63, 3.8) is 0 Å². The van der Waals surface area contributed by atoms with E-state index in [0.29, 0.717) is 24.7 Å². The van der Waals surface area contributed by atoms with Crippen molar-refractivity contribution in [3.05, 3.63) is 11.8 Å². The zero-order chi connectivity index (χ0) is 15.6. The highest BCUT2D eigenvalue weighted by Crippen LogP contribution is 2.19. The van der Waals surface area contributed by atoms with E-state index in [1.54, 1.807) is 11.0 Å². The van der Waals surface area contributed by atoms with Gasteiger partial charge in [-0.2, -0.15) is 0 Å².